The predicted octanol–water partition coefficient (Wildman–Crippen LogP) is 4.36. The first-order valence-electron chi connectivity index (χ1n) is 10.6. The minimum Gasteiger partial charge on any atom is -0.360 e. The van der Waals surface area contributed by atoms with Crippen molar-refractivity contribution in [3.8, 4) is 11.4 Å². The molecule has 1 aromatic heterocycles. The first-order valence-corrected chi connectivity index (χ1v) is 10.6. The van der Waals surface area contributed by atoms with Crippen LogP contribution in [0.25, 0.3) is 11.4 Å². The lowest BCUT2D eigenvalue weighted by Gasteiger charge is -2.31. The summed E-state index contributed by atoms with van der Waals surface area (Å²) in [4.78, 5) is 26.9. The molecule has 5 heteroatoms. The van der Waals surface area contributed by atoms with E-state index in [0.717, 1.165) is 53.4 Å². The van der Waals surface area contributed by atoms with E-state index in [0.29, 0.717) is 13.1 Å². The van der Waals surface area contributed by atoms with Crippen LogP contribution in [0.1, 0.15) is 41.0 Å². The van der Waals surface area contributed by atoms with Crippen LogP contribution in [-0.4, -0.2) is 40.9 Å². The Morgan fingerprint density at radius 1 is 1.03 bits per heavy atom. The van der Waals surface area contributed by atoms with Crippen molar-refractivity contribution in [1.82, 2.24) is 14.9 Å². The lowest BCUT2D eigenvalue weighted by atomic mass is 10.0. The van der Waals surface area contributed by atoms with E-state index < -0.39 is 0 Å². The van der Waals surface area contributed by atoms with Crippen molar-refractivity contribution in [2.75, 3.05) is 25.0 Å². The Labute approximate surface area is 178 Å². The molecule has 0 saturated heterocycles. The lowest BCUT2D eigenvalue weighted by molar-refractivity contribution is 0.0733. The van der Waals surface area contributed by atoms with E-state index in [-0.39, 0.29) is 5.91 Å². The molecule has 4 rings (SSSR count). The monoisotopic (exact) mass is 400 g/mol. The second-order valence-electron chi connectivity index (χ2n) is 7.70. The molecule has 1 aliphatic heterocycles. The molecule has 0 radical (unpaired) electrons. The van der Waals surface area contributed by atoms with Crippen LogP contribution >= 0.6 is 0 Å². The van der Waals surface area contributed by atoms with Gasteiger partial charge in [0, 0.05) is 43.2 Å². The van der Waals surface area contributed by atoms with Crippen LogP contribution < -0.4 is 4.90 Å². The van der Waals surface area contributed by atoms with E-state index in [1.807, 2.05) is 66.5 Å². The first kappa shape index (κ1) is 20.1. The van der Waals surface area contributed by atoms with Crippen molar-refractivity contribution in [3.63, 3.8) is 0 Å². The quantitative estimate of drug-likeness (QED) is 0.638. The van der Waals surface area contributed by atoms with Crippen LogP contribution in [0.5, 0.6) is 0 Å². The van der Waals surface area contributed by atoms with Crippen molar-refractivity contribution < 1.29 is 4.79 Å². The third-order valence-electron chi connectivity index (χ3n) is 5.80. The summed E-state index contributed by atoms with van der Waals surface area (Å²) in [6, 6.07) is 18.0. The summed E-state index contributed by atoms with van der Waals surface area (Å²) in [6.07, 6.45) is 1.71. The van der Waals surface area contributed by atoms with E-state index in [1.54, 1.807) is 0 Å². The number of rotatable bonds is 5. The van der Waals surface area contributed by atoms with Crippen LogP contribution in [0.4, 0.5) is 5.82 Å². The molecule has 1 aliphatic rings. The van der Waals surface area contributed by atoms with E-state index in [2.05, 4.69) is 18.7 Å². The molecular formula is C25H28N4O. The molecule has 0 fully saturated rings. The summed E-state index contributed by atoms with van der Waals surface area (Å²) in [6.45, 7) is 6.27. The smallest absolute Gasteiger partial charge is 0.254 e. The van der Waals surface area contributed by atoms with Gasteiger partial charge < -0.3 is 9.80 Å². The first-order chi connectivity index (χ1) is 14.6. The van der Waals surface area contributed by atoms with Crippen LogP contribution in [0.3, 0.4) is 0 Å². The summed E-state index contributed by atoms with van der Waals surface area (Å²) < 4.78 is 0. The molecule has 0 atom stereocenters. The fraction of sp³-hybridized carbons (Fsp3) is 0.320. The molecule has 2 heterocycles. The van der Waals surface area contributed by atoms with E-state index >= 15 is 0 Å². The Kier molecular flexibility index (Phi) is 5.79. The van der Waals surface area contributed by atoms with Gasteiger partial charge in [-0.25, -0.2) is 9.97 Å². The van der Waals surface area contributed by atoms with Crippen LogP contribution in [0.15, 0.2) is 54.6 Å². The fourth-order valence-electron chi connectivity index (χ4n) is 3.82. The second kappa shape index (κ2) is 8.66. The van der Waals surface area contributed by atoms with Gasteiger partial charge >= 0.3 is 0 Å². The van der Waals surface area contributed by atoms with Gasteiger partial charge in [-0.15, -0.1) is 0 Å². The number of carbonyl (C=O) groups excluding carboxylic acids is 1. The average molecular weight is 401 g/mol. The van der Waals surface area contributed by atoms with Crippen molar-refractivity contribution in [1.29, 1.82) is 0 Å². The van der Waals surface area contributed by atoms with Crippen LogP contribution in [-0.2, 0) is 19.4 Å². The normalized spacial score (nSPS) is 13.1. The molecule has 2 aromatic carbocycles. The Morgan fingerprint density at radius 2 is 1.77 bits per heavy atom. The standard InChI is InChI=1S/C25H28N4O/c1-4-18-11-13-20(14-12-18)25(30)29-16-15-22-21(17-29)24(28(3)5-2)27-23(26-22)19-9-7-6-8-10-19/h6-14H,4-5,15-17H2,1-3H3. The van der Waals surface area contributed by atoms with Crippen LogP contribution in [0, 0.1) is 0 Å². The van der Waals surface area contributed by atoms with Gasteiger partial charge in [0.15, 0.2) is 5.82 Å². The average Bonchev–Trinajstić information content (AvgIpc) is 2.82. The predicted molar refractivity (Wildman–Crippen MR) is 121 cm³/mol. The molecule has 0 saturated carbocycles. The zero-order chi connectivity index (χ0) is 21.1. The van der Waals surface area contributed by atoms with Gasteiger partial charge in [-0.05, 0) is 31.0 Å². The van der Waals surface area contributed by atoms with Gasteiger partial charge in [0.05, 0.1) is 12.2 Å². The van der Waals surface area contributed by atoms with Gasteiger partial charge in [0.1, 0.15) is 5.82 Å². The second-order valence-corrected chi connectivity index (χ2v) is 7.70. The molecule has 1 amide bonds. The molecule has 30 heavy (non-hydrogen) atoms. The molecule has 0 spiro atoms. The Balaban J connectivity index is 1.67. The van der Waals surface area contributed by atoms with Crippen molar-refractivity contribution >= 4 is 11.7 Å². The van der Waals surface area contributed by atoms with Gasteiger partial charge in [-0.1, -0.05) is 49.4 Å². The van der Waals surface area contributed by atoms with Crippen molar-refractivity contribution in [2.45, 2.75) is 33.2 Å². The molecule has 0 unspecified atom stereocenters. The Bertz CT molecular complexity index is 1030. The number of benzene rings is 2. The molecular weight excluding hydrogens is 372 g/mol. The van der Waals surface area contributed by atoms with Gasteiger partial charge in [0.25, 0.3) is 5.91 Å². The van der Waals surface area contributed by atoms with Gasteiger partial charge in [-0.3, -0.25) is 4.79 Å². The highest BCUT2D eigenvalue weighted by Gasteiger charge is 2.27. The molecule has 0 aliphatic carbocycles. The molecule has 0 N–H and O–H groups in total. The Hall–Kier alpha value is -3.21. The maximum Gasteiger partial charge on any atom is 0.254 e. The number of hydrogen-bond donors (Lipinski definition) is 0. The number of anilines is 1. The summed E-state index contributed by atoms with van der Waals surface area (Å²) in [5, 5.41) is 0. The van der Waals surface area contributed by atoms with Gasteiger partial charge in [-0.2, -0.15) is 0 Å². The molecule has 5 nitrogen and oxygen atoms in total. The molecule has 154 valence electrons. The summed E-state index contributed by atoms with van der Waals surface area (Å²) in [5.41, 5.74) is 5.10. The number of amides is 1. The number of fused-ring (bicyclic) bond motifs is 1. The highest BCUT2D eigenvalue weighted by Crippen LogP contribution is 2.29. The zero-order valence-corrected chi connectivity index (χ0v) is 17.9. The Morgan fingerprint density at radius 3 is 2.43 bits per heavy atom. The maximum absolute atomic E-state index is 13.1. The summed E-state index contributed by atoms with van der Waals surface area (Å²) in [5.74, 6) is 1.74. The number of carbonyl (C=O) groups is 1. The van der Waals surface area contributed by atoms with E-state index in [9.17, 15) is 4.79 Å². The third kappa shape index (κ3) is 3.92. The zero-order valence-electron chi connectivity index (χ0n) is 17.9. The summed E-state index contributed by atoms with van der Waals surface area (Å²) >= 11 is 0. The third-order valence-corrected chi connectivity index (χ3v) is 5.80. The topological polar surface area (TPSA) is 49.3 Å². The molecule has 3 aromatic rings. The highest BCUT2D eigenvalue weighted by atomic mass is 16.2. The van der Waals surface area contributed by atoms with Crippen LogP contribution in [0.2, 0.25) is 0 Å². The maximum atomic E-state index is 13.1. The largest absolute Gasteiger partial charge is 0.360 e. The minimum atomic E-state index is 0.0699. The molecule has 0 bridgehead atoms. The highest BCUT2D eigenvalue weighted by molar-refractivity contribution is 5.94. The van der Waals surface area contributed by atoms with Crippen molar-refractivity contribution in [2.24, 2.45) is 0 Å². The van der Waals surface area contributed by atoms with Gasteiger partial charge in [0.2, 0.25) is 0 Å². The minimum absolute atomic E-state index is 0.0699. The summed E-state index contributed by atoms with van der Waals surface area (Å²) in [7, 11) is 2.04. The van der Waals surface area contributed by atoms with E-state index in [1.165, 1.54) is 5.56 Å². The fourth-order valence-corrected chi connectivity index (χ4v) is 3.82. The van der Waals surface area contributed by atoms with E-state index in [4.69, 9.17) is 9.97 Å². The SMILES string of the molecule is CCc1ccc(C(=O)N2CCc3nc(-c4ccccc4)nc(N(C)CC)c3C2)cc1. The number of aryl methyl sites for hydroxylation is 1. The number of aromatic nitrogens is 2. The van der Waals surface area contributed by atoms with Crippen molar-refractivity contribution in [3.05, 3.63) is 77.0 Å². The lowest BCUT2D eigenvalue weighted by Crippen LogP contribution is -2.37. The number of nitrogens with zero attached hydrogens (tertiary/aromatic N) is 4. The number of hydrogen-bond acceptors (Lipinski definition) is 4.